The van der Waals surface area contributed by atoms with Crippen molar-refractivity contribution in [2.45, 2.75) is 32.4 Å². The average molecular weight is 308 g/mol. The van der Waals surface area contributed by atoms with Crippen molar-refractivity contribution in [2.75, 3.05) is 23.4 Å². The van der Waals surface area contributed by atoms with E-state index in [0.717, 1.165) is 13.0 Å². The Morgan fingerprint density at radius 1 is 0.870 bits per heavy atom. The molecule has 0 unspecified atom stereocenters. The maximum atomic E-state index is 3.30. The Morgan fingerprint density at radius 3 is 2.09 bits per heavy atom. The Bertz CT molecular complexity index is 624. The number of para-hydroxylation sites is 2. The lowest BCUT2D eigenvalue weighted by Gasteiger charge is -2.31. The van der Waals surface area contributed by atoms with Gasteiger partial charge in [-0.3, -0.25) is 0 Å². The van der Waals surface area contributed by atoms with Gasteiger partial charge in [0.2, 0.25) is 0 Å². The first kappa shape index (κ1) is 15.9. The Hall–Kier alpha value is -2.00. The van der Waals surface area contributed by atoms with Crippen LogP contribution >= 0.6 is 0 Å². The highest BCUT2D eigenvalue weighted by molar-refractivity contribution is 5.79. The van der Waals surface area contributed by atoms with Gasteiger partial charge in [-0.1, -0.05) is 42.5 Å². The first-order valence-electron chi connectivity index (χ1n) is 8.42. The fraction of sp³-hybridized carbons (Fsp3) is 0.350. The molecular weight excluding hydrogens is 282 g/mol. The quantitative estimate of drug-likeness (QED) is 0.863. The molecule has 3 nitrogen and oxygen atoms in total. The molecule has 1 aliphatic heterocycles. The molecular formula is C20H26N3. The van der Waals surface area contributed by atoms with Crippen LogP contribution in [-0.4, -0.2) is 19.6 Å². The van der Waals surface area contributed by atoms with Crippen molar-refractivity contribution in [2.24, 2.45) is 0 Å². The van der Waals surface area contributed by atoms with Crippen molar-refractivity contribution in [1.82, 2.24) is 5.32 Å². The summed E-state index contributed by atoms with van der Waals surface area (Å²) in [6.07, 6.45) is 1.07. The second kappa shape index (κ2) is 7.05. The summed E-state index contributed by atoms with van der Waals surface area (Å²) in [7, 11) is 2.02. The predicted molar refractivity (Wildman–Crippen MR) is 98.6 cm³/mol. The summed E-state index contributed by atoms with van der Waals surface area (Å²) in [5, 5.41) is 3.30. The number of anilines is 2. The minimum absolute atomic E-state index is 0.341. The number of hydrogen-bond donors (Lipinski definition) is 1. The van der Waals surface area contributed by atoms with Crippen molar-refractivity contribution in [3.63, 3.8) is 0 Å². The zero-order valence-corrected chi connectivity index (χ0v) is 14.2. The highest BCUT2D eigenvalue weighted by atomic mass is 15.4. The molecule has 2 aromatic rings. The Labute approximate surface area is 139 Å². The van der Waals surface area contributed by atoms with Gasteiger partial charge in [0.1, 0.15) is 6.67 Å². The molecule has 0 aromatic heterocycles. The molecule has 0 amide bonds. The lowest BCUT2D eigenvalue weighted by molar-refractivity contribution is 0.580. The number of hydrogen-bond acceptors (Lipinski definition) is 3. The third-order valence-corrected chi connectivity index (χ3v) is 4.43. The van der Waals surface area contributed by atoms with Crippen molar-refractivity contribution < 1.29 is 0 Å². The lowest BCUT2D eigenvalue weighted by atomic mass is 10.0. The van der Waals surface area contributed by atoms with Crippen molar-refractivity contribution in [1.29, 1.82) is 0 Å². The van der Waals surface area contributed by atoms with E-state index < -0.39 is 0 Å². The molecule has 1 atom stereocenters. The molecule has 0 aliphatic carbocycles. The minimum Gasteiger partial charge on any atom is -0.344 e. The summed E-state index contributed by atoms with van der Waals surface area (Å²) in [4.78, 5) is 4.80. The average Bonchev–Trinajstić information content (AvgIpc) is 2.96. The third kappa shape index (κ3) is 3.20. The molecule has 0 spiro atoms. The Morgan fingerprint density at radius 2 is 1.48 bits per heavy atom. The van der Waals surface area contributed by atoms with E-state index in [-0.39, 0.29) is 0 Å². The van der Waals surface area contributed by atoms with E-state index in [1.807, 2.05) is 7.05 Å². The van der Waals surface area contributed by atoms with Crippen LogP contribution < -0.4 is 15.1 Å². The predicted octanol–water partition coefficient (Wildman–Crippen LogP) is 4.19. The van der Waals surface area contributed by atoms with Crippen LogP contribution in [0.1, 0.15) is 31.9 Å². The van der Waals surface area contributed by atoms with Crippen LogP contribution in [0.15, 0.2) is 54.6 Å². The van der Waals surface area contributed by atoms with E-state index >= 15 is 0 Å². The Kier molecular flexibility index (Phi) is 4.87. The number of nitrogens with one attached hydrogen (secondary N) is 1. The molecule has 1 heterocycles. The number of rotatable bonds is 6. The first-order chi connectivity index (χ1) is 11.2. The molecule has 1 aliphatic rings. The summed E-state index contributed by atoms with van der Waals surface area (Å²) < 4.78 is 0. The molecule has 0 saturated heterocycles. The summed E-state index contributed by atoms with van der Waals surface area (Å²) >= 11 is 0. The fourth-order valence-electron chi connectivity index (χ4n) is 3.24. The summed E-state index contributed by atoms with van der Waals surface area (Å²) in [6, 6.07) is 20.3. The molecule has 0 bridgehead atoms. The second-order valence-corrected chi connectivity index (χ2v) is 6.33. The van der Waals surface area contributed by atoms with Crippen LogP contribution in [0.2, 0.25) is 0 Å². The smallest absolute Gasteiger partial charge is 0.143 e. The van der Waals surface area contributed by atoms with Crippen LogP contribution in [0.3, 0.4) is 0 Å². The summed E-state index contributed by atoms with van der Waals surface area (Å²) in [6.45, 7) is 7.75. The summed E-state index contributed by atoms with van der Waals surface area (Å²) in [5.74, 6) is 0. The Balaban J connectivity index is 1.97. The van der Waals surface area contributed by atoms with Crippen molar-refractivity contribution >= 4 is 11.4 Å². The largest absolute Gasteiger partial charge is 0.344 e. The lowest BCUT2D eigenvalue weighted by Crippen LogP contribution is -2.33. The van der Waals surface area contributed by atoms with E-state index in [2.05, 4.69) is 90.2 Å². The van der Waals surface area contributed by atoms with Crippen molar-refractivity contribution in [3.05, 3.63) is 66.8 Å². The van der Waals surface area contributed by atoms with Crippen LogP contribution in [-0.2, 0) is 0 Å². The third-order valence-electron chi connectivity index (χ3n) is 4.43. The molecule has 0 fully saturated rings. The first-order valence-corrected chi connectivity index (χ1v) is 8.42. The number of fused-ring (bicyclic) bond motifs is 1. The van der Waals surface area contributed by atoms with E-state index in [9.17, 15) is 0 Å². The monoisotopic (exact) mass is 308 g/mol. The van der Waals surface area contributed by atoms with E-state index in [0.29, 0.717) is 12.1 Å². The maximum Gasteiger partial charge on any atom is 0.143 e. The fourth-order valence-corrected chi connectivity index (χ4v) is 3.24. The van der Waals surface area contributed by atoms with E-state index in [1.54, 1.807) is 0 Å². The standard InChI is InChI=1S/C20H26N3/c1-16(2)22-15-23(20-12-8-7-11-19(20)22)18(13-14-21-3)17-9-5-4-6-10-17/h4-12,15-16,18,21H,13-14H2,1-3H3/t18-/m1/s1. The number of nitrogens with zero attached hydrogens (tertiary/aromatic N) is 2. The highest BCUT2D eigenvalue weighted by Gasteiger charge is 2.32. The maximum absolute atomic E-state index is 3.30. The van der Waals surface area contributed by atoms with E-state index in [4.69, 9.17) is 0 Å². The van der Waals surface area contributed by atoms with Gasteiger partial charge in [0, 0.05) is 6.04 Å². The number of benzene rings is 2. The highest BCUT2D eigenvalue weighted by Crippen LogP contribution is 2.44. The van der Waals surface area contributed by atoms with E-state index in [1.165, 1.54) is 16.9 Å². The molecule has 3 rings (SSSR count). The van der Waals surface area contributed by atoms with Crippen LogP contribution in [0.4, 0.5) is 11.4 Å². The molecule has 1 N–H and O–H groups in total. The molecule has 2 aromatic carbocycles. The van der Waals surface area contributed by atoms with Gasteiger partial charge in [-0.2, -0.15) is 0 Å². The summed E-state index contributed by atoms with van der Waals surface area (Å²) in [5.41, 5.74) is 3.96. The van der Waals surface area contributed by atoms with Gasteiger partial charge in [-0.15, -0.1) is 0 Å². The van der Waals surface area contributed by atoms with Gasteiger partial charge in [0.05, 0.1) is 17.4 Å². The van der Waals surface area contributed by atoms with Gasteiger partial charge >= 0.3 is 0 Å². The van der Waals surface area contributed by atoms with Crippen LogP contribution in [0.25, 0.3) is 0 Å². The van der Waals surface area contributed by atoms with Gasteiger partial charge in [-0.05, 0) is 51.6 Å². The zero-order chi connectivity index (χ0) is 16.2. The topological polar surface area (TPSA) is 18.5 Å². The van der Waals surface area contributed by atoms with Gasteiger partial charge in [0.15, 0.2) is 0 Å². The molecule has 3 heteroatoms. The molecule has 1 radical (unpaired) electrons. The van der Waals surface area contributed by atoms with Gasteiger partial charge < -0.3 is 15.1 Å². The SMILES string of the molecule is CNCC[C@H](c1ccccc1)N1[CH]N(C(C)C)c2ccccc21. The van der Waals surface area contributed by atoms with Crippen molar-refractivity contribution in [3.8, 4) is 0 Å². The van der Waals surface area contributed by atoms with Crippen LogP contribution in [0, 0.1) is 6.67 Å². The zero-order valence-electron chi connectivity index (χ0n) is 14.2. The second-order valence-electron chi connectivity index (χ2n) is 6.33. The van der Waals surface area contributed by atoms with Gasteiger partial charge in [0.25, 0.3) is 0 Å². The molecule has 0 saturated carbocycles. The normalized spacial score (nSPS) is 15.1. The molecule has 23 heavy (non-hydrogen) atoms. The van der Waals surface area contributed by atoms with Crippen LogP contribution in [0.5, 0.6) is 0 Å². The minimum atomic E-state index is 0.341. The molecule has 121 valence electrons. The van der Waals surface area contributed by atoms with Gasteiger partial charge in [-0.25, -0.2) is 0 Å².